The zero-order valence-corrected chi connectivity index (χ0v) is 12.9. The van der Waals surface area contributed by atoms with Crippen LogP contribution in [0.5, 0.6) is 0 Å². The van der Waals surface area contributed by atoms with Crippen LogP contribution in [-0.2, 0) is 16.2 Å². The van der Waals surface area contributed by atoms with Gasteiger partial charge in [0.25, 0.3) is 5.91 Å². The van der Waals surface area contributed by atoms with Crippen molar-refractivity contribution in [3.05, 3.63) is 66.2 Å². The monoisotopic (exact) mass is 296 g/mol. The first-order valence-electron chi connectivity index (χ1n) is 7.41. The molecular formula is C18H20N2O2. The van der Waals surface area contributed by atoms with Crippen molar-refractivity contribution in [2.45, 2.75) is 25.6 Å². The molecule has 0 spiro atoms. The van der Waals surface area contributed by atoms with E-state index in [0.29, 0.717) is 13.0 Å². The number of benzene rings is 2. The fraction of sp³-hybridized carbons (Fsp3) is 0.278. The summed E-state index contributed by atoms with van der Waals surface area (Å²) < 4.78 is 0. The topological polar surface area (TPSA) is 32.8 Å². The van der Waals surface area contributed by atoms with Gasteiger partial charge in [-0.15, -0.1) is 0 Å². The SMILES string of the molecule is CN(c1ccccc1)C1(C)CC(=O)N(Cc2ccccc2)O1. The minimum atomic E-state index is -0.660. The summed E-state index contributed by atoms with van der Waals surface area (Å²) in [6.45, 7) is 2.42. The van der Waals surface area contributed by atoms with E-state index in [-0.39, 0.29) is 5.91 Å². The number of amides is 1. The van der Waals surface area contributed by atoms with E-state index in [9.17, 15) is 4.79 Å². The number of carbonyl (C=O) groups is 1. The molecule has 1 heterocycles. The van der Waals surface area contributed by atoms with Crippen molar-refractivity contribution >= 4 is 11.6 Å². The van der Waals surface area contributed by atoms with Gasteiger partial charge in [0, 0.05) is 12.7 Å². The lowest BCUT2D eigenvalue weighted by molar-refractivity contribution is -0.198. The molecule has 4 heteroatoms. The lowest BCUT2D eigenvalue weighted by atomic mass is 10.1. The molecule has 0 aliphatic carbocycles. The van der Waals surface area contributed by atoms with E-state index in [0.717, 1.165) is 11.3 Å². The Hall–Kier alpha value is -2.33. The van der Waals surface area contributed by atoms with Crippen LogP contribution in [-0.4, -0.2) is 23.7 Å². The molecule has 1 atom stereocenters. The van der Waals surface area contributed by atoms with Gasteiger partial charge in [0.1, 0.15) is 0 Å². The van der Waals surface area contributed by atoms with Crippen molar-refractivity contribution in [3.8, 4) is 0 Å². The molecule has 0 aromatic heterocycles. The van der Waals surface area contributed by atoms with Crippen LogP contribution < -0.4 is 4.90 Å². The molecule has 0 N–H and O–H groups in total. The van der Waals surface area contributed by atoms with Gasteiger partial charge in [0.2, 0.25) is 0 Å². The molecule has 0 radical (unpaired) electrons. The molecular weight excluding hydrogens is 276 g/mol. The van der Waals surface area contributed by atoms with Crippen molar-refractivity contribution in [3.63, 3.8) is 0 Å². The summed E-state index contributed by atoms with van der Waals surface area (Å²) in [6, 6.07) is 19.8. The molecule has 1 saturated heterocycles. The highest BCUT2D eigenvalue weighted by molar-refractivity contribution is 5.78. The van der Waals surface area contributed by atoms with Crippen LogP contribution in [0.4, 0.5) is 5.69 Å². The normalized spacial score (nSPS) is 21.2. The zero-order valence-electron chi connectivity index (χ0n) is 12.9. The highest BCUT2D eigenvalue weighted by Crippen LogP contribution is 2.33. The van der Waals surface area contributed by atoms with Gasteiger partial charge in [-0.1, -0.05) is 48.5 Å². The maximum Gasteiger partial charge on any atom is 0.251 e. The third kappa shape index (κ3) is 2.83. The molecule has 0 bridgehead atoms. The highest BCUT2D eigenvalue weighted by atomic mass is 16.7. The molecule has 2 aromatic rings. The van der Waals surface area contributed by atoms with Crippen LogP contribution in [0.15, 0.2) is 60.7 Å². The van der Waals surface area contributed by atoms with E-state index < -0.39 is 5.72 Å². The first kappa shape index (κ1) is 14.6. The molecule has 3 rings (SSSR count). The molecule has 22 heavy (non-hydrogen) atoms. The number of hydrogen-bond donors (Lipinski definition) is 0. The fourth-order valence-electron chi connectivity index (χ4n) is 2.66. The second-order valence-corrected chi connectivity index (χ2v) is 5.75. The maximum atomic E-state index is 12.3. The van der Waals surface area contributed by atoms with E-state index in [1.54, 1.807) is 0 Å². The second kappa shape index (κ2) is 5.81. The van der Waals surface area contributed by atoms with Gasteiger partial charge in [0.15, 0.2) is 5.72 Å². The number of para-hydroxylation sites is 1. The maximum absolute atomic E-state index is 12.3. The zero-order chi connectivity index (χ0) is 15.6. The Morgan fingerprint density at radius 1 is 1.09 bits per heavy atom. The van der Waals surface area contributed by atoms with Gasteiger partial charge in [-0.3, -0.25) is 4.79 Å². The quantitative estimate of drug-likeness (QED) is 0.868. The van der Waals surface area contributed by atoms with Gasteiger partial charge >= 0.3 is 0 Å². The molecule has 1 unspecified atom stereocenters. The summed E-state index contributed by atoms with van der Waals surface area (Å²) in [5.74, 6) is 0.00846. The largest absolute Gasteiger partial charge is 0.345 e. The van der Waals surface area contributed by atoms with E-state index in [2.05, 4.69) is 0 Å². The summed E-state index contributed by atoms with van der Waals surface area (Å²) in [5.41, 5.74) is 1.43. The van der Waals surface area contributed by atoms with Gasteiger partial charge in [-0.05, 0) is 24.6 Å². The number of hydrogen-bond acceptors (Lipinski definition) is 3. The van der Waals surface area contributed by atoms with Crippen molar-refractivity contribution in [1.82, 2.24) is 5.06 Å². The van der Waals surface area contributed by atoms with Crippen LogP contribution in [0.1, 0.15) is 18.9 Å². The van der Waals surface area contributed by atoms with Gasteiger partial charge in [0.05, 0.1) is 13.0 Å². The molecule has 4 nitrogen and oxygen atoms in total. The van der Waals surface area contributed by atoms with Crippen molar-refractivity contribution in [2.75, 3.05) is 11.9 Å². The summed E-state index contributed by atoms with van der Waals surface area (Å²) in [5, 5.41) is 1.47. The second-order valence-electron chi connectivity index (χ2n) is 5.75. The van der Waals surface area contributed by atoms with Crippen LogP contribution >= 0.6 is 0 Å². The van der Waals surface area contributed by atoms with Gasteiger partial charge < -0.3 is 4.90 Å². The Morgan fingerprint density at radius 2 is 1.68 bits per heavy atom. The molecule has 1 amide bonds. The predicted molar refractivity (Wildman–Crippen MR) is 85.9 cm³/mol. The van der Waals surface area contributed by atoms with Crippen molar-refractivity contribution in [1.29, 1.82) is 0 Å². The van der Waals surface area contributed by atoms with Crippen LogP contribution in [0.2, 0.25) is 0 Å². The minimum absolute atomic E-state index is 0.00846. The summed E-state index contributed by atoms with van der Waals surface area (Å²) in [4.78, 5) is 20.3. The Kier molecular flexibility index (Phi) is 3.86. The summed E-state index contributed by atoms with van der Waals surface area (Å²) in [6.07, 6.45) is 0.339. The van der Waals surface area contributed by atoms with E-state index in [4.69, 9.17) is 4.84 Å². The number of rotatable bonds is 4. The van der Waals surface area contributed by atoms with E-state index in [1.165, 1.54) is 5.06 Å². The van der Waals surface area contributed by atoms with E-state index >= 15 is 0 Å². The fourth-order valence-corrected chi connectivity index (χ4v) is 2.66. The predicted octanol–water partition coefficient (Wildman–Crippen LogP) is 3.20. The Morgan fingerprint density at radius 3 is 2.32 bits per heavy atom. The standard InChI is InChI=1S/C18H20N2O2/c1-18(19(2)16-11-7-4-8-12-16)13-17(21)20(22-18)14-15-9-5-3-6-10-15/h3-12H,13-14H2,1-2H3. The number of nitrogens with zero attached hydrogens (tertiary/aromatic N) is 2. The highest BCUT2D eigenvalue weighted by Gasteiger charge is 2.44. The molecule has 2 aromatic carbocycles. The lowest BCUT2D eigenvalue weighted by Crippen LogP contribution is -2.44. The first-order valence-corrected chi connectivity index (χ1v) is 7.41. The summed E-state index contributed by atoms with van der Waals surface area (Å²) >= 11 is 0. The van der Waals surface area contributed by atoms with Crippen LogP contribution in [0, 0.1) is 0 Å². The number of anilines is 1. The molecule has 114 valence electrons. The third-order valence-corrected chi connectivity index (χ3v) is 4.09. The van der Waals surface area contributed by atoms with Crippen molar-refractivity contribution < 1.29 is 9.63 Å². The molecule has 1 aliphatic rings. The number of hydroxylamine groups is 2. The average molecular weight is 296 g/mol. The lowest BCUT2D eigenvalue weighted by Gasteiger charge is -2.35. The Balaban J connectivity index is 1.75. The number of carbonyl (C=O) groups excluding carboxylic acids is 1. The van der Waals surface area contributed by atoms with Crippen molar-refractivity contribution in [2.24, 2.45) is 0 Å². The van der Waals surface area contributed by atoms with Gasteiger partial charge in [-0.25, -0.2) is 9.90 Å². The smallest absolute Gasteiger partial charge is 0.251 e. The van der Waals surface area contributed by atoms with Gasteiger partial charge in [-0.2, -0.15) is 0 Å². The molecule has 1 fully saturated rings. The minimum Gasteiger partial charge on any atom is -0.345 e. The van der Waals surface area contributed by atoms with Crippen LogP contribution in [0.25, 0.3) is 0 Å². The third-order valence-electron chi connectivity index (χ3n) is 4.09. The molecule has 0 saturated carbocycles. The molecule has 1 aliphatic heterocycles. The Bertz CT molecular complexity index is 645. The Labute approximate surface area is 130 Å². The summed E-state index contributed by atoms with van der Waals surface area (Å²) in [7, 11) is 1.95. The average Bonchev–Trinajstić information content (AvgIpc) is 2.84. The van der Waals surface area contributed by atoms with E-state index in [1.807, 2.05) is 79.5 Å². The first-order chi connectivity index (χ1) is 10.6. The van der Waals surface area contributed by atoms with Crippen LogP contribution in [0.3, 0.4) is 0 Å².